The van der Waals surface area contributed by atoms with Crippen LogP contribution in [0.2, 0.25) is 0 Å². The van der Waals surface area contributed by atoms with E-state index in [1.807, 2.05) is 37.1 Å². The van der Waals surface area contributed by atoms with E-state index in [-0.39, 0.29) is 0 Å². The number of carbonyl (C=O) groups is 1. The molecule has 0 aliphatic carbocycles. The summed E-state index contributed by atoms with van der Waals surface area (Å²) in [5, 5.41) is 9.01. The minimum absolute atomic E-state index is 0.386. The molecular weight excluding hydrogens is 230 g/mol. The highest BCUT2D eigenvalue weighted by atomic mass is 16.5. The molecule has 0 spiro atoms. The molecule has 1 atom stereocenters. The quantitative estimate of drug-likeness (QED) is 0.804. The second-order valence-electron chi connectivity index (χ2n) is 4.47. The van der Waals surface area contributed by atoms with Gasteiger partial charge in [0.05, 0.1) is 0 Å². The Morgan fingerprint density at radius 2 is 2.22 bits per heavy atom. The minimum Gasteiger partial charge on any atom is -0.479 e. The summed E-state index contributed by atoms with van der Waals surface area (Å²) in [5.74, 6) is -0.909. The fourth-order valence-electron chi connectivity index (χ4n) is 1.87. The number of ether oxygens (including phenoxy) is 1. The van der Waals surface area contributed by atoms with Gasteiger partial charge in [-0.25, -0.2) is 4.79 Å². The van der Waals surface area contributed by atoms with Crippen LogP contribution in [0.25, 0.3) is 0 Å². The van der Waals surface area contributed by atoms with Gasteiger partial charge in [-0.15, -0.1) is 0 Å². The van der Waals surface area contributed by atoms with Crippen molar-refractivity contribution in [2.75, 3.05) is 20.2 Å². The molecule has 4 heteroatoms. The third-order valence-corrected chi connectivity index (χ3v) is 2.66. The Morgan fingerprint density at radius 3 is 2.78 bits per heavy atom. The van der Waals surface area contributed by atoms with Crippen LogP contribution in [0.3, 0.4) is 0 Å². The van der Waals surface area contributed by atoms with Crippen molar-refractivity contribution >= 4 is 5.97 Å². The first-order valence-electron chi connectivity index (χ1n) is 6.11. The van der Waals surface area contributed by atoms with E-state index in [2.05, 4.69) is 6.07 Å². The standard InChI is InChI=1S/C14H21NO3/c1-4-18-13(14(16)17)10-15(3)9-12-7-5-6-11(2)8-12/h5-8,13H,4,9-10H2,1-3H3,(H,16,17). The van der Waals surface area contributed by atoms with Crippen molar-refractivity contribution in [3.63, 3.8) is 0 Å². The number of hydrogen-bond donors (Lipinski definition) is 1. The summed E-state index contributed by atoms with van der Waals surface area (Å²) in [6.45, 7) is 5.37. The first kappa shape index (κ1) is 14.7. The molecule has 18 heavy (non-hydrogen) atoms. The molecule has 1 N–H and O–H groups in total. The molecule has 0 radical (unpaired) electrons. The maximum atomic E-state index is 11.0. The van der Waals surface area contributed by atoms with E-state index < -0.39 is 12.1 Å². The molecule has 0 amide bonds. The van der Waals surface area contributed by atoms with E-state index in [4.69, 9.17) is 9.84 Å². The van der Waals surface area contributed by atoms with Crippen LogP contribution >= 0.6 is 0 Å². The van der Waals surface area contributed by atoms with Gasteiger partial charge in [0.2, 0.25) is 0 Å². The van der Waals surface area contributed by atoms with Crippen molar-refractivity contribution in [1.82, 2.24) is 4.90 Å². The predicted molar refractivity (Wildman–Crippen MR) is 70.6 cm³/mol. The molecule has 0 saturated carbocycles. The van der Waals surface area contributed by atoms with Crippen LogP contribution in [0.15, 0.2) is 24.3 Å². The van der Waals surface area contributed by atoms with Crippen molar-refractivity contribution in [2.45, 2.75) is 26.5 Å². The molecule has 0 aliphatic heterocycles. The zero-order valence-corrected chi connectivity index (χ0v) is 11.2. The zero-order chi connectivity index (χ0) is 13.5. The van der Waals surface area contributed by atoms with Gasteiger partial charge in [0.25, 0.3) is 0 Å². The number of aryl methyl sites for hydroxylation is 1. The Kier molecular flexibility index (Phi) is 5.82. The monoisotopic (exact) mass is 251 g/mol. The lowest BCUT2D eigenvalue weighted by Gasteiger charge is -2.21. The number of aliphatic carboxylic acids is 1. The molecule has 1 aromatic rings. The predicted octanol–water partition coefficient (Wildman–Crippen LogP) is 1.92. The fraction of sp³-hybridized carbons (Fsp3) is 0.500. The lowest BCUT2D eigenvalue weighted by molar-refractivity contribution is -0.151. The molecule has 0 heterocycles. The molecule has 1 aromatic carbocycles. The number of likely N-dealkylation sites (N-methyl/N-ethyl adjacent to an activating group) is 1. The Morgan fingerprint density at radius 1 is 1.50 bits per heavy atom. The SMILES string of the molecule is CCOC(CN(C)Cc1cccc(C)c1)C(=O)O. The summed E-state index contributed by atoms with van der Waals surface area (Å²) in [5.41, 5.74) is 2.39. The van der Waals surface area contributed by atoms with Crippen LogP contribution in [0.4, 0.5) is 0 Å². The van der Waals surface area contributed by atoms with E-state index in [0.29, 0.717) is 13.2 Å². The lowest BCUT2D eigenvalue weighted by Crippen LogP contribution is -2.36. The minimum atomic E-state index is -0.909. The third-order valence-electron chi connectivity index (χ3n) is 2.66. The Hall–Kier alpha value is -1.39. The average Bonchev–Trinajstić information content (AvgIpc) is 2.28. The van der Waals surface area contributed by atoms with E-state index in [1.165, 1.54) is 11.1 Å². The molecular formula is C14H21NO3. The molecule has 4 nitrogen and oxygen atoms in total. The first-order valence-corrected chi connectivity index (χ1v) is 6.11. The van der Waals surface area contributed by atoms with Gasteiger partial charge in [0, 0.05) is 19.7 Å². The van der Waals surface area contributed by atoms with E-state index in [1.54, 1.807) is 6.92 Å². The fourth-order valence-corrected chi connectivity index (χ4v) is 1.87. The maximum absolute atomic E-state index is 11.0. The summed E-state index contributed by atoms with van der Waals surface area (Å²) >= 11 is 0. The average molecular weight is 251 g/mol. The Balaban J connectivity index is 2.54. The molecule has 0 aromatic heterocycles. The second-order valence-corrected chi connectivity index (χ2v) is 4.47. The van der Waals surface area contributed by atoms with Crippen molar-refractivity contribution < 1.29 is 14.6 Å². The molecule has 0 fully saturated rings. The van der Waals surface area contributed by atoms with Crippen LogP contribution in [0, 0.1) is 6.92 Å². The van der Waals surface area contributed by atoms with Crippen LogP contribution in [0.1, 0.15) is 18.1 Å². The summed E-state index contributed by atoms with van der Waals surface area (Å²) < 4.78 is 5.19. The van der Waals surface area contributed by atoms with Crippen LogP contribution in [-0.2, 0) is 16.1 Å². The zero-order valence-electron chi connectivity index (χ0n) is 11.2. The number of carboxylic acid groups (broad SMARTS) is 1. The highest BCUT2D eigenvalue weighted by Gasteiger charge is 2.19. The van der Waals surface area contributed by atoms with Crippen LogP contribution in [0.5, 0.6) is 0 Å². The lowest BCUT2D eigenvalue weighted by atomic mass is 10.1. The molecule has 100 valence electrons. The molecule has 0 saturated heterocycles. The summed E-state index contributed by atoms with van der Waals surface area (Å²) in [4.78, 5) is 12.9. The van der Waals surface area contributed by atoms with Gasteiger partial charge in [-0.05, 0) is 26.5 Å². The van der Waals surface area contributed by atoms with E-state index >= 15 is 0 Å². The molecule has 1 unspecified atom stereocenters. The van der Waals surface area contributed by atoms with Crippen molar-refractivity contribution in [1.29, 1.82) is 0 Å². The van der Waals surface area contributed by atoms with Gasteiger partial charge in [-0.3, -0.25) is 4.90 Å². The van der Waals surface area contributed by atoms with Crippen LogP contribution in [-0.4, -0.2) is 42.3 Å². The smallest absolute Gasteiger partial charge is 0.334 e. The van der Waals surface area contributed by atoms with E-state index in [9.17, 15) is 4.79 Å². The molecule has 0 bridgehead atoms. The Bertz CT molecular complexity index is 392. The summed E-state index contributed by atoms with van der Waals surface area (Å²) in [7, 11) is 1.90. The normalized spacial score (nSPS) is 12.7. The third kappa shape index (κ3) is 4.85. The number of benzene rings is 1. The second kappa shape index (κ2) is 7.13. The van der Waals surface area contributed by atoms with E-state index in [0.717, 1.165) is 6.54 Å². The van der Waals surface area contributed by atoms with Gasteiger partial charge in [0.15, 0.2) is 6.10 Å². The number of carboxylic acids is 1. The highest BCUT2D eigenvalue weighted by molar-refractivity contribution is 5.72. The van der Waals surface area contributed by atoms with Gasteiger partial charge < -0.3 is 9.84 Å². The maximum Gasteiger partial charge on any atom is 0.334 e. The van der Waals surface area contributed by atoms with Gasteiger partial charge >= 0.3 is 5.97 Å². The largest absolute Gasteiger partial charge is 0.479 e. The first-order chi connectivity index (χ1) is 8.52. The number of hydrogen-bond acceptors (Lipinski definition) is 3. The van der Waals surface area contributed by atoms with Crippen LogP contribution < -0.4 is 0 Å². The summed E-state index contributed by atoms with van der Waals surface area (Å²) in [6.07, 6.45) is -0.759. The summed E-state index contributed by atoms with van der Waals surface area (Å²) in [6, 6.07) is 8.20. The van der Waals surface area contributed by atoms with Gasteiger partial charge in [-0.1, -0.05) is 29.8 Å². The molecule has 0 aliphatic rings. The number of nitrogens with zero attached hydrogens (tertiary/aromatic N) is 1. The van der Waals surface area contributed by atoms with Gasteiger partial charge in [-0.2, -0.15) is 0 Å². The number of rotatable bonds is 7. The highest BCUT2D eigenvalue weighted by Crippen LogP contribution is 2.07. The Labute approximate surface area is 108 Å². The topological polar surface area (TPSA) is 49.8 Å². The molecule has 1 rings (SSSR count). The van der Waals surface area contributed by atoms with Crippen molar-refractivity contribution in [3.05, 3.63) is 35.4 Å². The van der Waals surface area contributed by atoms with Crippen molar-refractivity contribution in [2.24, 2.45) is 0 Å². The van der Waals surface area contributed by atoms with Gasteiger partial charge in [0.1, 0.15) is 0 Å². The van der Waals surface area contributed by atoms with Crippen molar-refractivity contribution in [3.8, 4) is 0 Å².